The van der Waals surface area contributed by atoms with E-state index in [-0.39, 0.29) is 11.9 Å². The van der Waals surface area contributed by atoms with E-state index in [1.165, 1.54) is 6.92 Å². The number of urea groups is 1. The van der Waals surface area contributed by atoms with Crippen LogP contribution < -0.4 is 15.5 Å². The first-order chi connectivity index (χ1) is 11.5. The van der Waals surface area contributed by atoms with Gasteiger partial charge in [0.1, 0.15) is 0 Å². The quantitative estimate of drug-likeness (QED) is 0.813. The Morgan fingerprint density at radius 3 is 2.54 bits per heavy atom. The number of hydrogen-bond donors (Lipinski definition) is 2. The first-order valence-corrected chi connectivity index (χ1v) is 8.41. The predicted molar refractivity (Wildman–Crippen MR) is 100 cm³/mol. The molecule has 126 valence electrons. The van der Waals surface area contributed by atoms with E-state index in [2.05, 4.69) is 26.6 Å². The third-order valence-electron chi connectivity index (χ3n) is 3.44. The summed E-state index contributed by atoms with van der Waals surface area (Å²) in [6.45, 7) is 4.25. The molecule has 5 nitrogen and oxygen atoms in total. The molecule has 0 aliphatic heterocycles. The maximum absolute atomic E-state index is 12.0. The summed E-state index contributed by atoms with van der Waals surface area (Å²) in [4.78, 5) is 25.5. The highest BCUT2D eigenvalue weighted by atomic mass is 79.9. The number of aryl methyl sites for hydroxylation is 1. The minimum Gasteiger partial charge on any atom is -0.336 e. The van der Waals surface area contributed by atoms with Crippen LogP contribution in [-0.4, -0.2) is 25.0 Å². The van der Waals surface area contributed by atoms with Gasteiger partial charge in [-0.2, -0.15) is 0 Å². The van der Waals surface area contributed by atoms with Crippen molar-refractivity contribution in [1.82, 2.24) is 5.32 Å². The number of anilines is 2. The Morgan fingerprint density at radius 1 is 1.12 bits per heavy atom. The molecule has 2 aromatic carbocycles. The van der Waals surface area contributed by atoms with Crippen molar-refractivity contribution in [3.8, 4) is 0 Å². The lowest BCUT2D eigenvalue weighted by Gasteiger charge is -2.22. The number of carbonyl (C=O) groups excluding carboxylic acids is 2. The van der Waals surface area contributed by atoms with Crippen molar-refractivity contribution in [2.45, 2.75) is 13.8 Å². The summed E-state index contributed by atoms with van der Waals surface area (Å²) in [5.74, 6) is -0.0615. The fraction of sp³-hybridized carbons (Fsp3) is 0.222. The minimum absolute atomic E-state index is 0.0615. The zero-order valence-electron chi connectivity index (χ0n) is 13.7. The van der Waals surface area contributed by atoms with E-state index in [9.17, 15) is 9.59 Å². The van der Waals surface area contributed by atoms with Crippen molar-refractivity contribution in [3.63, 3.8) is 0 Å². The lowest BCUT2D eigenvalue weighted by atomic mass is 10.2. The number of amides is 3. The third kappa shape index (κ3) is 5.09. The minimum atomic E-state index is -0.311. The zero-order chi connectivity index (χ0) is 17.5. The number of nitrogens with one attached hydrogen (secondary N) is 2. The molecule has 2 aromatic rings. The monoisotopic (exact) mass is 389 g/mol. The van der Waals surface area contributed by atoms with Gasteiger partial charge in [-0.25, -0.2) is 4.79 Å². The molecule has 0 radical (unpaired) electrons. The number of nitrogens with zero attached hydrogens (tertiary/aromatic N) is 1. The van der Waals surface area contributed by atoms with Crippen LogP contribution in [0.1, 0.15) is 12.5 Å². The van der Waals surface area contributed by atoms with Crippen LogP contribution in [0.2, 0.25) is 0 Å². The van der Waals surface area contributed by atoms with Gasteiger partial charge in [-0.1, -0.05) is 24.3 Å². The molecule has 0 atom stereocenters. The standard InChI is InChI=1S/C18H20BrN3O2/c1-13-6-5-7-15(12-13)22(14(2)23)11-10-20-18(24)21-17-9-4-3-8-16(17)19/h3-9,12H,10-11H2,1-2H3,(H2,20,21,24). The summed E-state index contributed by atoms with van der Waals surface area (Å²) >= 11 is 3.38. The highest BCUT2D eigenvalue weighted by Gasteiger charge is 2.12. The smallest absolute Gasteiger partial charge is 0.319 e. The van der Waals surface area contributed by atoms with Gasteiger partial charge in [0.15, 0.2) is 0 Å². The average molecular weight is 390 g/mol. The van der Waals surface area contributed by atoms with E-state index < -0.39 is 0 Å². The van der Waals surface area contributed by atoms with Gasteiger partial charge in [0, 0.05) is 30.2 Å². The molecule has 2 N–H and O–H groups in total. The summed E-state index contributed by atoms with van der Waals surface area (Å²) in [6, 6.07) is 14.8. The van der Waals surface area contributed by atoms with E-state index in [1.807, 2.05) is 49.4 Å². The van der Waals surface area contributed by atoms with Gasteiger partial charge < -0.3 is 15.5 Å². The van der Waals surface area contributed by atoms with E-state index in [1.54, 1.807) is 11.0 Å². The molecule has 24 heavy (non-hydrogen) atoms. The van der Waals surface area contributed by atoms with Crippen LogP contribution in [0.5, 0.6) is 0 Å². The Balaban J connectivity index is 1.90. The summed E-state index contributed by atoms with van der Waals surface area (Å²) in [5.41, 5.74) is 2.60. The molecule has 0 heterocycles. The van der Waals surface area contributed by atoms with E-state index in [0.717, 1.165) is 15.7 Å². The second-order valence-electron chi connectivity index (χ2n) is 5.37. The molecular formula is C18H20BrN3O2. The number of para-hydroxylation sites is 1. The molecule has 0 aliphatic rings. The van der Waals surface area contributed by atoms with Crippen LogP contribution in [0.3, 0.4) is 0 Å². The van der Waals surface area contributed by atoms with Crippen LogP contribution in [0.15, 0.2) is 53.0 Å². The van der Waals surface area contributed by atoms with Crippen LogP contribution in [0, 0.1) is 6.92 Å². The first-order valence-electron chi connectivity index (χ1n) is 7.61. The Bertz CT molecular complexity index is 734. The van der Waals surface area contributed by atoms with Gasteiger partial charge in [0.2, 0.25) is 5.91 Å². The van der Waals surface area contributed by atoms with Crippen molar-refractivity contribution >= 4 is 39.2 Å². The van der Waals surface area contributed by atoms with Crippen LogP contribution in [-0.2, 0) is 4.79 Å². The van der Waals surface area contributed by atoms with Crippen LogP contribution in [0.25, 0.3) is 0 Å². The molecule has 6 heteroatoms. The lowest BCUT2D eigenvalue weighted by Crippen LogP contribution is -2.39. The summed E-state index contributed by atoms with van der Waals surface area (Å²) in [6.07, 6.45) is 0. The Kier molecular flexibility index (Phi) is 6.37. The highest BCUT2D eigenvalue weighted by molar-refractivity contribution is 9.10. The van der Waals surface area contributed by atoms with Crippen LogP contribution >= 0.6 is 15.9 Å². The Morgan fingerprint density at radius 2 is 1.88 bits per heavy atom. The van der Waals surface area contributed by atoms with Crippen molar-refractivity contribution < 1.29 is 9.59 Å². The van der Waals surface area contributed by atoms with E-state index in [4.69, 9.17) is 0 Å². The maximum atomic E-state index is 12.0. The molecule has 0 saturated heterocycles. The van der Waals surface area contributed by atoms with Gasteiger partial charge in [-0.3, -0.25) is 4.79 Å². The van der Waals surface area contributed by atoms with Crippen molar-refractivity contribution in [2.24, 2.45) is 0 Å². The normalized spacial score (nSPS) is 10.1. The van der Waals surface area contributed by atoms with Gasteiger partial charge in [0.25, 0.3) is 0 Å². The average Bonchev–Trinajstić information content (AvgIpc) is 2.53. The highest BCUT2D eigenvalue weighted by Crippen LogP contribution is 2.20. The van der Waals surface area contributed by atoms with Crippen molar-refractivity contribution in [1.29, 1.82) is 0 Å². The Hall–Kier alpha value is -2.34. The summed E-state index contributed by atoms with van der Waals surface area (Å²) < 4.78 is 0.810. The SMILES string of the molecule is CC(=O)N(CCNC(=O)Nc1ccccc1Br)c1cccc(C)c1. The number of halogens is 1. The molecule has 0 aliphatic carbocycles. The van der Waals surface area contributed by atoms with E-state index in [0.29, 0.717) is 18.8 Å². The second-order valence-corrected chi connectivity index (χ2v) is 6.22. The molecule has 2 rings (SSSR count). The van der Waals surface area contributed by atoms with Gasteiger partial charge >= 0.3 is 6.03 Å². The third-order valence-corrected chi connectivity index (χ3v) is 4.13. The largest absolute Gasteiger partial charge is 0.336 e. The van der Waals surface area contributed by atoms with Crippen molar-refractivity contribution in [2.75, 3.05) is 23.3 Å². The first kappa shape index (κ1) is 18.0. The summed E-state index contributed by atoms with van der Waals surface area (Å²) in [5, 5.41) is 5.52. The number of hydrogen-bond acceptors (Lipinski definition) is 2. The number of carbonyl (C=O) groups is 2. The predicted octanol–water partition coefficient (Wildman–Crippen LogP) is 3.93. The molecule has 0 fully saturated rings. The van der Waals surface area contributed by atoms with Gasteiger partial charge in [-0.05, 0) is 52.7 Å². The molecule has 0 spiro atoms. The van der Waals surface area contributed by atoms with Gasteiger partial charge in [0.05, 0.1) is 5.69 Å². The molecule has 0 aromatic heterocycles. The Labute approximate surface area is 150 Å². The lowest BCUT2D eigenvalue weighted by molar-refractivity contribution is -0.116. The molecule has 0 bridgehead atoms. The van der Waals surface area contributed by atoms with Gasteiger partial charge in [-0.15, -0.1) is 0 Å². The van der Waals surface area contributed by atoms with Crippen molar-refractivity contribution in [3.05, 3.63) is 58.6 Å². The molecule has 0 saturated carbocycles. The molecule has 0 unspecified atom stereocenters. The summed E-state index contributed by atoms with van der Waals surface area (Å²) in [7, 11) is 0. The fourth-order valence-corrected chi connectivity index (χ4v) is 2.66. The number of benzene rings is 2. The number of rotatable bonds is 5. The topological polar surface area (TPSA) is 61.4 Å². The molecular weight excluding hydrogens is 370 g/mol. The van der Waals surface area contributed by atoms with Crippen LogP contribution in [0.4, 0.5) is 16.2 Å². The second kappa shape index (κ2) is 8.49. The molecule has 3 amide bonds. The zero-order valence-corrected chi connectivity index (χ0v) is 15.3. The maximum Gasteiger partial charge on any atom is 0.319 e. The van der Waals surface area contributed by atoms with E-state index >= 15 is 0 Å². The fourth-order valence-electron chi connectivity index (χ4n) is 2.27.